The summed E-state index contributed by atoms with van der Waals surface area (Å²) < 4.78 is 13.9. The molecule has 4 rings (SSSR count). The van der Waals surface area contributed by atoms with Crippen molar-refractivity contribution in [1.29, 1.82) is 0 Å². The van der Waals surface area contributed by atoms with Crippen LogP contribution in [0.2, 0.25) is 0 Å². The van der Waals surface area contributed by atoms with Crippen LogP contribution < -0.4 is 10.2 Å². The highest BCUT2D eigenvalue weighted by Crippen LogP contribution is 2.26. The first-order valence-electron chi connectivity index (χ1n) is 8.92. The highest BCUT2D eigenvalue weighted by atomic mass is 32.2. The number of thioether (sulfide) groups is 1. The molecule has 5 nitrogen and oxygen atoms in total. The Bertz CT molecular complexity index is 984. The zero-order chi connectivity index (χ0) is 19.5. The molecule has 28 heavy (non-hydrogen) atoms. The van der Waals surface area contributed by atoms with E-state index < -0.39 is 11.7 Å². The Labute approximate surface area is 171 Å². The third-order valence-electron chi connectivity index (χ3n) is 4.44. The summed E-state index contributed by atoms with van der Waals surface area (Å²) >= 11 is 3.33. The highest BCUT2D eigenvalue weighted by Gasteiger charge is 2.16. The van der Waals surface area contributed by atoms with Crippen LogP contribution in [0.25, 0.3) is 10.6 Å². The zero-order valence-corrected chi connectivity index (χ0v) is 16.9. The Balaban J connectivity index is 1.46. The molecule has 1 saturated heterocycles. The summed E-state index contributed by atoms with van der Waals surface area (Å²) in [7, 11) is 0. The van der Waals surface area contributed by atoms with Gasteiger partial charge in [0.15, 0.2) is 0 Å². The van der Waals surface area contributed by atoms with E-state index in [0.29, 0.717) is 5.01 Å². The van der Waals surface area contributed by atoms with Crippen molar-refractivity contribution in [3.05, 3.63) is 59.0 Å². The second-order valence-electron chi connectivity index (χ2n) is 6.48. The zero-order valence-electron chi connectivity index (χ0n) is 15.3. The van der Waals surface area contributed by atoms with Crippen molar-refractivity contribution >= 4 is 40.5 Å². The SMILES string of the molecule is Cc1ccc(NC(=O)c2csc(-c3ccc(N4CCSCC4)nc3)n2)c(F)c1. The third kappa shape index (κ3) is 4.18. The Kier molecular flexibility index (Phi) is 5.59. The van der Waals surface area contributed by atoms with E-state index in [1.807, 2.05) is 23.9 Å². The maximum absolute atomic E-state index is 13.9. The molecule has 2 aromatic heterocycles. The molecule has 0 aliphatic carbocycles. The van der Waals surface area contributed by atoms with Crippen LogP contribution >= 0.6 is 23.1 Å². The van der Waals surface area contributed by atoms with Gasteiger partial charge in [0.25, 0.3) is 5.91 Å². The average molecular weight is 415 g/mol. The molecular formula is C20H19FN4OS2. The summed E-state index contributed by atoms with van der Waals surface area (Å²) in [5.74, 6) is 2.32. The van der Waals surface area contributed by atoms with E-state index in [9.17, 15) is 9.18 Å². The number of carbonyl (C=O) groups excluding carboxylic acids is 1. The van der Waals surface area contributed by atoms with Crippen molar-refractivity contribution in [2.45, 2.75) is 6.92 Å². The molecule has 1 amide bonds. The van der Waals surface area contributed by atoms with Gasteiger partial charge in [-0.25, -0.2) is 14.4 Å². The van der Waals surface area contributed by atoms with Gasteiger partial charge in [-0.2, -0.15) is 11.8 Å². The van der Waals surface area contributed by atoms with E-state index in [1.165, 1.54) is 17.4 Å². The number of benzene rings is 1. The van der Waals surface area contributed by atoms with Gasteiger partial charge in [0, 0.05) is 41.7 Å². The molecule has 0 spiro atoms. The van der Waals surface area contributed by atoms with E-state index in [2.05, 4.69) is 20.2 Å². The van der Waals surface area contributed by atoms with Gasteiger partial charge in [-0.05, 0) is 36.8 Å². The topological polar surface area (TPSA) is 58.1 Å². The number of thiazole rings is 1. The predicted octanol–water partition coefficient (Wildman–Crippen LogP) is 4.46. The third-order valence-corrected chi connectivity index (χ3v) is 6.27. The van der Waals surface area contributed by atoms with Gasteiger partial charge in [-0.3, -0.25) is 4.79 Å². The van der Waals surface area contributed by atoms with Crippen molar-refractivity contribution < 1.29 is 9.18 Å². The summed E-state index contributed by atoms with van der Waals surface area (Å²) in [6.07, 6.45) is 1.79. The lowest BCUT2D eigenvalue weighted by Crippen LogP contribution is -2.32. The number of halogens is 1. The van der Waals surface area contributed by atoms with Crippen LogP contribution in [-0.4, -0.2) is 40.5 Å². The lowest BCUT2D eigenvalue weighted by Gasteiger charge is -2.27. The first-order valence-corrected chi connectivity index (χ1v) is 11.0. The van der Waals surface area contributed by atoms with E-state index in [4.69, 9.17) is 0 Å². The molecule has 0 atom stereocenters. The molecule has 1 aliphatic heterocycles. The molecule has 144 valence electrons. The fourth-order valence-corrected chi connectivity index (χ4v) is 4.60. The predicted molar refractivity (Wildman–Crippen MR) is 114 cm³/mol. The van der Waals surface area contributed by atoms with Crippen LogP contribution in [0.15, 0.2) is 41.9 Å². The minimum Gasteiger partial charge on any atom is -0.355 e. The highest BCUT2D eigenvalue weighted by molar-refractivity contribution is 7.99. The number of nitrogens with one attached hydrogen (secondary N) is 1. The molecule has 3 heterocycles. The molecule has 0 radical (unpaired) electrons. The molecule has 0 unspecified atom stereocenters. The van der Waals surface area contributed by atoms with Gasteiger partial charge in [0.05, 0.1) is 5.69 Å². The second-order valence-corrected chi connectivity index (χ2v) is 8.56. The first-order chi connectivity index (χ1) is 13.6. The van der Waals surface area contributed by atoms with Crippen LogP contribution in [0.3, 0.4) is 0 Å². The molecule has 0 saturated carbocycles. The number of pyridine rings is 1. The quantitative estimate of drug-likeness (QED) is 0.683. The van der Waals surface area contributed by atoms with Crippen molar-refractivity contribution in [3.63, 3.8) is 0 Å². The van der Waals surface area contributed by atoms with Gasteiger partial charge < -0.3 is 10.2 Å². The number of nitrogens with zero attached hydrogens (tertiary/aromatic N) is 3. The molecule has 8 heteroatoms. The fraction of sp³-hybridized carbons (Fsp3) is 0.250. The minimum absolute atomic E-state index is 0.149. The number of hydrogen-bond donors (Lipinski definition) is 1. The Morgan fingerprint density at radius 1 is 1.21 bits per heavy atom. The van der Waals surface area contributed by atoms with Gasteiger partial charge in [0.1, 0.15) is 22.3 Å². The Morgan fingerprint density at radius 2 is 2.04 bits per heavy atom. The number of hydrogen-bond acceptors (Lipinski definition) is 6. The number of carbonyl (C=O) groups is 1. The van der Waals surface area contributed by atoms with Gasteiger partial charge in [-0.15, -0.1) is 11.3 Å². The number of anilines is 2. The molecule has 1 N–H and O–H groups in total. The van der Waals surface area contributed by atoms with Crippen molar-refractivity contribution in [3.8, 4) is 10.6 Å². The van der Waals surface area contributed by atoms with Crippen LogP contribution in [0, 0.1) is 12.7 Å². The van der Waals surface area contributed by atoms with Gasteiger partial charge >= 0.3 is 0 Å². The van der Waals surface area contributed by atoms with E-state index in [0.717, 1.165) is 41.5 Å². The number of aryl methyl sites for hydroxylation is 1. The Morgan fingerprint density at radius 3 is 2.75 bits per heavy atom. The van der Waals surface area contributed by atoms with Crippen LogP contribution in [0.5, 0.6) is 0 Å². The van der Waals surface area contributed by atoms with E-state index in [-0.39, 0.29) is 11.4 Å². The molecule has 1 aliphatic rings. The second kappa shape index (κ2) is 8.28. The summed E-state index contributed by atoms with van der Waals surface area (Å²) in [6, 6.07) is 8.66. The summed E-state index contributed by atoms with van der Waals surface area (Å²) in [6.45, 7) is 3.81. The lowest BCUT2D eigenvalue weighted by atomic mass is 10.2. The summed E-state index contributed by atoms with van der Waals surface area (Å²) in [5.41, 5.74) is 2.07. The molecule has 1 fully saturated rings. The summed E-state index contributed by atoms with van der Waals surface area (Å²) in [5, 5.41) is 4.96. The smallest absolute Gasteiger partial charge is 0.275 e. The average Bonchev–Trinajstić information content (AvgIpc) is 3.21. The summed E-state index contributed by atoms with van der Waals surface area (Å²) in [4.78, 5) is 23.6. The van der Waals surface area contributed by atoms with Crippen LogP contribution in [0.1, 0.15) is 16.1 Å². The van der Waals surface area contributed by atoms with Gasteiger partial charge in [-0.1, -0.05) is 6.07 Å². The molecule has 1 aromatic carbocycles. The Hall–Kier alpha value is -2.45. The molecule has 3 aromatic rings. The van der Waals surface area contributed by atoms with E-state index in [1.54, 1.807) is 30.6 Å². The number of amides is 1. The van der Waals surface area contributed by atoms with Crippen molar-refractivity contribution in [2.24, 2.45) is 0 Å². The largest absolute Gasteiger partial charge is 0.355 e. The molecular weight excluding hydrogens is 395 g/mol. The van der Waals surface area contributed by atoms with Crippen molar-refractivity contribution in [2.75, 3.05) is 34.8 Å². The minimum atomic E-state index is -0.459. The maximum Gasteiger partial charge on any atom is 0.275 e. The lowest BCUT2D eigenvalue weighted by molar-refractivity contribution is 0.102. The molecule has 0 bridgehead atoms. The normalized spacial score (nSPS) is 14.1. The number of aromatic nitrogens is 2. The van der Waals surface area contributed by atoms with Crippen LogP contribution in [-0.2, 0) is 0 Å². The monoisotopic (exact) mass is 414 g/mol. The van der Waals surface area contributed by atoms with E-state index >= 15 is 0 Å². The maximum atomic E-state index is 13.9. The fourth-order valence-electron chi connectivity index (χ4n) is 2.91. The number of rotatable bonds is 4. The first kappa shape index (κ1) is 18.9. The van der Waals surface area contributed by atoms with Gasteiger partial charge in [0.2, 0.25) is 0 Å². The van der Waals surface area contributed by atoms with Crippen molar-refractivity contribution in [1.82, 2.24) is 9.97 Å². The van der Waals surface area contributed by atoms with Crippen LogP contribution in [0.4, 0.5) is 15.9 Å². The standard InChI is InChI=1S/C20H19FN4OS2/c1-13-2-4-16(15(21)10-13)23-19(26)17-12-28-20(24-17)14-3-5-18(22-11-14)25-6-8-27-9-7-25/h2-5,10-12H,6-9H2,1H3,(H,23,26).